The van der Waals surface area contributed by atoms with Crippen molar-refractivity contribution in [3.05, 3.63) is 0 Å². The van der Waals surface area contributed by atoms with E-state index in [-0.39, 0.29) is 0 Å². The van der Waals surface area contributed by atoms with Crippen LogP contribution in [0.15, 0.2) is 0 Å². The van der Waals surface area contributed by atoms with E-state index >= 15 is 0 Å². The monoisotopic (exact) mass is 342 g/mol. The Kier molecular flexibility index (Phi) is 3.99. The lowest BCUT2D eigenvalue weighted by Gasteiger charge is -2.55. The normalized spacial score (nSPS) is 55.2. The van der Waals surface area contributed by atoms with Crippen molar-refractivity contribution >= 4 is 0 Å². The van der Waals surface area contributed by atoms with Crippen molar-refractivity contribution in [3.63, 3.8) is 0 Å². The molecule has 0 radical (unpaired) electrons. The van der Waals surface area contributed by atoms with Crippen molar-refractivity contribution in [3.8, 4) is 0 Å². The maximum atomic E-state index is 6.25. The summed E-state index contributed by atoms with van der Waals surface area (Å²) in [5.74, 6) is 10.9. The van der Waals surface area contributed by atoms with Gasteiger partial charge in [0.15, 0.2) is 0 Å². The smallest absolute Gasteiger partial charge is 0.0468 e. The SMILES string of the molecule is C(CC1C2CC3CC(C2)CC1C3)OCCC1C2CC3CC(C2)CC1C3. The van der Waals surface area contributed by atoms with E-state index < -0.39 is 0 Å². The summed E-state index contributed by atoms with van der Waals surface area (Å²) in [5.41, 5.74) is 0. The van der Waals surface area contributed by atoms with Crippen molar-refractivity contribution in [2.75, 3.05) is 13.2 Å². The van der Waals surface area contributed by atoms with E-state index in [4.69, 9.17) is 4.74 Å². The van der Waals surface area contributed by atoms with Crippen molar-refractivity contribution in [2.24, 2.45) is 59.2 Å². The van der Waals surface area contributed by atoms with Gasteiger partial charge in [0.2, 0.25) is 0 Å². The molecular weight excluding hydrogens is 304 g/mol. The van der Waals surface area contributed by atoms with E-state index in [0.717, 1.165) is 72.4 Å². The molecule has 0 aromatic carbocycles. The molecule has 0 aromatic rings. The predicted octanol–water partition coefficient (Wildman–Crippen LogP) is 5.93. The standard InChI is InChI=1S/C24H38O/c1(23-19-7-15-5-16(9-19)10-20(23)8-15)3-25-4-2-24-21-11-17-6-18(13-21)14-22(24)12-17/h15-24H,1-14H2. The molecular formula is C24H38O. The van der Waals surface area contributed by atoms with E-state index in [1.54, 1.807) is 64.2 Å². The Morgan fingerprint density at radius 3 is 1.08 bits per heavy atom. The van der Waals surface area contributed by atoms with Crippen LogP contribution in [0, 0.1) is 59.2 Å². The number of hydrogen-bond acceptors (Lipinski definition) is 1. The van der Waals surface area contributed by atoms with Crippen molar-refractivity contribution in [1.82, 2.24) is 0 Å². The first-order valence-electron chi connectivity index (χ1n) is 11.9. The predicted molar refractivity (Wildman–Crippen MR) is 101 cm³/mol. The van der Waals surface area contributed by atoms with Gasteiger partial charge in [-0.25, -0.2) is 0 Å². The van der Waals surface area contributed by atoms with Gasteiger partial charge in [0.1, 0.15) is 0 Å². The first-order valence-corrected chi connectivity index (χ1v) is 11.9. The highest BCUT2D eigenvalue weighted by molar-refractivity contribution is 4.99. The highest BCUT2D eigenvalue weighted by Gasteiger charge is 2.48. The van der Waals surface area contributed by atoms with Gasteiger partial charge in [-0.3, -0.25) is 0 Å². The molecule has 0 aromatic heterocycles. The van der Waals surface area contributed by atoms with Crippen LogP contribution in [0.3, 0.4) is 0 Å². The molecule has 0 atom stereocenters. The second kappa shape index (κ2) is 6.25. The topological polar surface area (TPSA) is 9.23 Å². The first-order chi connectivity index (χ1) is 12.3. The molecule has 0 unspecified atom stereocenters. The Hall–Kier alpha value is -0.0400. The van der Waals surface area contributed by atoms with Crippen molar-refractivity contribution in [1.29, 1.82) is 0 Å². The molecule has 25 heavy (non-hydrogen) atoms. The molecule has 0 N–H and O–H groups in total. The van der Waals surface area contributed by atoms with E-state index in [0.29, 0.717) is 0 Å². The second-order valence-electron chi connectivity index (χ2n) is 11.4. The molecule has 8 aliphatic rings. The van der Waals surface area contributed by atoms with E-state index in [1.165, 1.54) is 12.8 Å². The fourth-order valence-electron chi connectivity index (χ4n) is 9.56. The molecule has 8 saturated carbocycles. The fraction of sp³-hybridized carbons (Fsp3) is 1.00. The van der Waals surface area contributed by atoms with Gasteiger partial charge in [0, 0.05) is 13.2 Å². The summed E-state index contributed by atoms with van der Waals surface area (Å²) < 4.78 is 6.25. The van der Waals surface area contributed by atoms with Gasteiger partial charge in [0.05, 0.1) is 0 Å². The number of rotatable bonds is 6. The van der Waals surface area contributed by atoms with Crippen LogP contribution in [0.2, 0.25) is 0 Å². The van der Waals surface area contributed by atoms with Gasteiger partial charge < -0.3 is 4.74 Å². The van der Waals surface area contributed by atoms with Gasteiger partial charge in [-0.15, -0.1) is 0 Å². The van der Waals surface area contributed by atoms with E-state index in [1.807, 2.05) is 0 Å². The number of hydrogen-bond donors (Lipinski definition) is 0. The maximum absolute atomic E-state index is 6.25. The Morgan fingerprint density at radius 1 is 0.440 bits per heavy atom. The van der Waals surface area contributed by atoms with Gasteiger partial charge in [-0.2, -0.15) is 0 Å². The minimum absolute atomic E-state index is 1.04. The van der Waals surface area contributed by atoms with Crippen LogP contribution in [0.25, 0.3) is 0 Å². The summed E-state index contributed by atoms with van der Waals surface area (Å²) in [7, 11) is 0. The Bertz CT molecular complexity index is 396. The zero-order valence-electron chi connectivity index (χ0n) is 16.1. The van der Waals surface area contributed by atoms with Crippen molar-refractivity contribution in [2.45, 2.75) is 77.0 Å². The first kappa shape index (κ1) is 16.0. The average Bonchev–Trinajstić information content (AvgIpc) is 2.57. The lowest BCUT2D eigenvalue weighted by Crippen LogP contribution is -2.45. The molecule has 0 spiro atoms. The number of ether oxygens (including phenoxy) is 1. The summed E-state index contributed by atoms with van der Waals surface area (Å²) in [4.78, 5) is 0. The third kappa shape index (κ3) is 2.82. The van der Waals surface area contributed by atoms with Crippen LogP contribution in [0.5, 0.6) is 0 Å². The highest BCUT2D eigenvalue weighted by atomic mass is 16.5. The zero-order chi connectivity index (χ0) is 16.4. The summed E-state index contributed by atoms with van der Waals surface area (Å²) in [6.45, 7) is 2.14. The maximum Gasteiger partial charge on any atom is 0.0468 e. The fourth-order valence-corrected chi connectivity index (χ4v) is 9.56. The van der Waals surface area contributed by atoms with Gasteiger partial charge in [0.25, 0.3) is 0 Å². The molecule has 8 rings (SSSR count). The van der Waals surface area contributed by atoms with Gasteiger partial charge in [-0.1, -0.05) is 0 Å². The zero-order valence-corrected chi connectivity index (χ0v) is 16.1. The Labute approximate surface area is 154 Å². The summed E-state index contributed by atoms with van der Waals surface area (Å²) in [6.07, 6.45) is 18.5. The van der Waals surface area contributed by atoms with Crippen LogP contribution in [0.4, 0.5) is 0 Å². The lowest BCUT2D eigenvalue weighted by atomic mass is 9.51. The molecule has 0 heterocycles. The van der Waals surface area contributed by atoms with Crippen LogP contribution < -0.4 is 0 Å². The summed E-state index contributed by atoms with van der Waals surface area (Å²) in [5, 5.41) is 0. The molecule has 0 saturated heterocycles. The largest absolute Gasteiger partial charge is 0.381 e. The molecule has 1 nitrogen and oxygen atoms in total. The third-order valence-electron chi connectivity index (χ3n) is 10.0. The molecule has 1 heteroatoms. The van der Waals surface area contributed by atoms with Crippen LogP contribution in [-0.4, -0.2) is 13.2 Å². The van der Waals surface area contributed by atoms with Crippen LogP contribution >= 0.6 is 0 Å². The minimum atomic E-state index is 1.04. The van der Waals surface area contributed by atoms with Crippen molar-refractivity contribution < 1.29 is 4.74 Å². The summed E-state index contributed by atoms with van der Waals surface area (Å²) in [6, 6.07) is 0. The minimum Gasteiger partial charge on any atom is -0.381 e. The lowest BCUT2D eigenvalue weighted by molar-refractivity contribution is -0.0599. The molecule has 0 amide bonds. The highest BCUT2D eigenvalue weighted by Crippen LogP contribution is 2.58. The van der Waals surface area contributed by atoms with Crippen LogP contribution in [-0.2, 0) is 4.74 Å². The molecule has 8 bridgehead atoms. The Morgan fingerprint density at radius 2 is 0.760 bits per heavy atom. The van der Waals surface area contributed by atoms with Gasteiger partial charge >= 0.3 is 0 Å². The van der Waals surface area contributed by atoms with E-state index in [2.05, 4.69) is 0 Å². The van der Waals surface area contributed by atoms with Crippen LogP contribution in [0.1, 0.15) is 77.0 Å². The Balaban J connectivity index is 0.958. The average molecular weight is 343 g/mol. The third-order valence-corrected chi connectivity index (χ3v) is 10.0. The van der Waals surface area contributed by atoms with Gasteiger partial charge in [-0.05, 0) is 136 Å². The molecule has 140 valence electrons. The molecule has 8 aliphatic carbocycles. The molecule has 0 aliphatic heterocycles. The molecule has 8 fully saturated rings. The second-order valence-corrected chi connectivity index (χ2v) is 11.4. The quantitative estimate of drug-likeness (QED) is 0.544. The summed E-state index contributed by atoms with van der Waals surface area (Å²) >= 11 is 0. The van der Waals surface area contributed by atoms with E-state index in [9.17, 15) is 0 Å².